The van der Waals surface area contributed by atoms with Gasteiger partial charge in [-0.05, 0) is 50.0 Å². The number of hydrogen-bond acceptors (Lipinski definition) is 7. The quantitative estimate of drug-likeness (QED) is 0.454. The molecule has 0 spiro atoms. The summed E-state index contributed by atoms with van der Waals surface area (Å²) in [7, 11) is 0. The van der Waals surface area contributed by atoms with Crippen molar-refractivity contribution in [2.45, 2.75) is 76.6 Å². The van der Waals surface area contributed by atoms with Gasteiger partial charge >= 0.3 is 6.18 Å². The van der Waals surface area contributed by atoms with E-state index in [4.69, 9.17) is 9.26 Å². The van der Waals surface area contributed by atoms with Gasteiger partial charge in [-0.25, -0.2) is 9.37 Å². The Bertz CT molecular complexity index is 1030. The van der Waals surface area contributed by atoms with Gasteiger partial charge in [-0.1, -0.05) is 11.2 Å². The number of Topliss-reactive ketones (excluding diaryl/α,β-unsaturated/α-hetero) is 1. The summed E-state index contributed by atoms with van der Waals surface area (Å²) in [6.07, 6.45) is 0.145. The minimum atomic E-state index is -4.41. The van der Waals surface area contributed by atoms with E-state index in [-0.39, 0.29) is 24.0 Å². The van der Waals surface area contributed by atoms with Crippen molar-refractivity contribution in [2.75, 3.05) is 26.2 Å². The smallest absolute Gasteiger partial charge is 0.422 e. The van der Waals surface area contributed by atoms with Crippen molar-refractivity contribution in [2.24, 2.45) is 5.92 Å². The molecule has 0 N–H and O–H groups in total. The summed E-state index contributed by atoms with van der Waals surface area (Å²) in [4.78, 5) is 22.9. The minimum Gasteiger partial charge on any atom is -0.468 e. The summed E-state index contributed by atoms with van der Waals surface area (Å²) in [6, 6.07) is 3.25. The molecule has 4 rings (SSSR count). The number of carbonyl (C=O) groups is 1. The zero-order valence-electron chi connectivity index (χ0n) is 20.4. The monoisotopic (exact) mass is 512 g/mol. The van der Waals surface area contributed by atoms with E-state index in [0.717, 1.165) is 17.8 Å². The van der Waals surface area contributed by atoms with Crippen molar-refractivity contribution in [3.8, 4) is 5.88 Å². The van der Waals surface area contributed by atoms with Gasteiger partial charge in [0.25, 0.3) is 0 Å². The SMILES string of the molecule is Cc1nc(CC(=O)CC2CCC(F)(CCN3CCc4ccc(OCC(F)(F)F)nc4CC3)CC2)no1. The Labute approximate surface area is 207 Å². The maximum atomic E-state index is 15.5. The van der Waals surface area contributed by atoms with Gasteiger partial charge in [0.05, 0.1) is 6.42 Å². The molecule has 7 nitrogen and oxygen atoms in total. The van der Waals surface area contributed by atoms with Crippen LogP contribution in [0.3, 0.4) is 0 Å². The van der Waals surface area contributed by atoms with Crippen LogP contribution in [-0.4, -0.2) is 63.9 Å². The highest BCUT2D eigenvalue weighted by molar-refractivity contribution is 5.80. The summed E-state index contributed by atoms with van der Waals surface area (Å²) in [6.45, 7) is 2.35. The molecule has 2 aliphatic rings. The van der Waals surface area contributed by atoms with E-state index < -0.39 is 18.5 Å². The van der Waals surface area contributed by atoms with Crippen LogP contribution in [0.4, 0.5) is 17.6 Å². The first-order valence-corrected chi connectivity index (χ1v) is 12.5. The van der Waals surface area contributed by atoms with Crippen molar-refractivity contribution in [3.05, 3.63) is 35.1 Å². The Morgan fingerprint density at radius 3 is 2.64 bits per heavy atom. The lowest BCUT2D eigenvalue weighted by molar-refractivity contribution is -0.154. The van der Waals surface area contributed by atoms with Gasteiger partial charge in [0, 0.05) is 51.2 Å². The highest BCUT2D eigenvalue weighted by atomic mass is 19.4. The predicted molar refractivity (Wildman–Crippen MR) is 122 cm³/mol. The molecule has 1 saturated carbocycles. The maximum absolute atomic E-state index is 15.5. The molecule has 0 amide bonds. The van der Waals surface area contributed by atoms with Crippen LogP contribution >= 0.6 is 0 Å². The molecule has 11 heteroatoms. The third-order valence-electron chi connectivity index (χ3n) is 7.11. The summed E-state index contributed by atoms with van der Waals surface area (Å²) >= 11 is 0. The van der Waals surface area contributed by atoms with Gasteiger partial charge in [0.2, 0.25) is 11.8 Å². The zero-order valence-corrected chi connectivity index (χ0v) is 20.4. The second kappa shape index (κ2) is 11.2. The Balaban J connectivity index is 1.19. The number of pyridine rings is 1. The molecule has 1 aliphatic heterocycles. The number of rotatable bonds is 9. The lowest BCUT2D eigenvalue weighted by Crippen LogP contribution is -2.36. The van der Waals surface area contributed by atoms with E-state index in [1.165, 1.54) is 6.07 Å². The standard InChI is InChI=1S/C25H32F4N4O3/c1-17-30-22(32-36-17)15-20(34)14-18-4-8-24(26,9-5-18)10-13-33-11-6-19-2-3-23(31-21(19)7-12-33)35-16-25(27,28)29/h2-3,18H,4-16H2,1H3. The number of nitrogens with zero attached hydrogens (tertiary/aromatic N) is 4. The summed E-state index contributed by atoms with van der Waals surface area (Å²) in [5.41, 5.74) is 0.502. The van der Waals surface area contributed by atoms with Crippen molar-refractivity contribution < 1.29 is 31.6 Å². The van der Waals surface area contributed by atoms with Crippen LogP contribution in [0.5, 0.6) is 5.88 Å². The van der Waals surface area contributed by atoms with E-state index in [1.54, 1.807) is 13.0 Å². The second-order valence-corrected chi connectivity index (χ2v) is 9.99. The molecular formula is C25H32F4N4O3. The minimum absolute atomic E-state index is 0.0233. The largest absolute Gasteiger partial charge is 0.468 e. The number of ether oxygens (including phenoxy) is 1. The fourth-order valence-electron chi connectivity index (χ4n) is 5.06. The summed E-state index contributed by atoms with van der Waals surface area (Å²) in [5.74, 6) is 1.04. The molecule has 0 unspecified atom stereocenters. The van der Waals surface area contributed by atoms with Crippen LogP contribution in [-0.2, 0) is 24.1 Å². The van der Waals surface area contributed by atoms with E-state index in [9.17, 15) is 18.0 Å². The van der Waals surface area contributed by atoms with E-state index in [2.05, 4.69) is 20.0 Å². The average Bonchev–Trinajstić information content (AvgIpc) is 3.11. The number of aromatic nitrogens is 3. The highest BCUT2D eigenvalue weighted by Gasteiger charge is 2.36. The Kier molecular flexibility index (Phi) is 8.27. The highest BCUT2D eigenvalue weighted by Crippen LogP contribution is 2.39. The lowest BCUT2D eigenvalue weighted by Gasteiger charge is -2.35. The molecule has 0 aromatic carbocycles. The first-order valence-electron chi connectivity index (χ1n) is 12.5. The third-order valence-corrected chi connectivity index (χ3v) is 7.11. The molecule has 198 valence electrons. The van der Waals surface area contributed by atoms with Crippen LogP contribution < -0.4 is 4.74 Å². The van der Waals surface area contributed by atoms with Crippen LogP contribution in [0.1, 0.15) is 61.5 Å². The van der Waals surface area contributed by atoms with E-state index in [1.807, 2.05) is 0 Å². The number of fused-ring (bicyclic) bond motifs is 1. The summed E-state index contributed by atoms with van der Waals surface area (Å²) in [5, 5.41) is 3.76. The number of carbonyl (C=O) groups excluding carboxylic acids is 1. The molecule has 0 atom stereocenters. The van der Waals surface area contributed by atoms with E-state index >= 15 is 4.39 Å². The molecule has 1 fully saturated rings. The Morgan fingerprint density at radius 1 is 1.19 bits per heavy atom. The molecule has 3 heterocycles. The lowest BCUT2D eigenvalue weighted by atomic mass is 9.76. The average molecular weight is 513 g/mol. The van der Waals surface area contributed by atoms with Gasteiger partial charge < -0.3 is 14.2 Å². The van der Waals surface area contributed by atoms with Crippen molar-refractivity contribution in [1.82, 2.24) is 20.0 Å². The Morgan fingerprint density at radius 2 is 1.94 bits per heavy atom. The van der Waals surface area contributed by atoms with Crippen molar-refractivity contribution in [1.29, 1.82) is 0 Å². The molecule has 0 saturated heterocycles. The van der Waals surface area contributed by atoms with Crippen molar-refractivity contribution >= 4 is 5.78 Å². The topological polar surface area (TPSA) is 81.4 Å². The van der Waals surface area contributed by atoms with Gasteiger partial charge in [-0.15, -0.1) is 0 Å². The zero-order chi connectivity index (χ0) is 25.8. The fraction of sp³-hybridized carbons (Fsp3) is 0.680. The fourth-order valence-corrected chi connectivity index (χ4v) is 5.06. The molecule has 36 heavy (non-hydrogen) atoms. The molecular weight excluding hydrogens is 480 g/mol. The molecule has 2 aromatic heterocycles. The number of hydrogen-bond donors (Lipinski definition) is 0. The van der Waals surface area contributed by atoms with E-state index in [0.29, 0.717) is 76.2 Å². The first kappa shape index (κ1) is 26.5. The molecule has 0 radical (unpaired) electrons. The first-order chi connectivity index (χ1) is 17.1. The van der Waals surface area contributed by atoms with Crippen LogP contribution in [0, 0.1) is 12.8 Å². The Hall–Kier alpha value is -2.56. The van der Waals surface area contributed by atoms with Gasteiger partial charge in [-0.3, -0.25) is 4.79 Å². The number of halogens is 4. The number of ketones is 1. The maximum Gasteiger partial charge on any atom is 0.422 e. The van der Waals surface area contributed by atoms with Gasteiger partial charge in [0.15, 0.2) is 12.4 Å². The van der Waals surface area contributed by atoms with Gasteiger partial charge in [0.1, 0.15) is 11.5 Å². The predicted octanol–water partition coefficient (Wildman–Crippen LogP) is 4.61. The van der Waals surface area contributed by atoms with Crippen LogP contribution in [0.2, 0.25) is 0 Å². The normalized spacial score (nSPS) is 23.2. The van der Waals surface area contributed by atoms with Crippen LogP contribution in [0.25, 0.3) is 0 Å². The van der Waals surface area contributed by atoms with Crippen molar-refractivity contribution in [3.63, 3.8) is 0 Å². The molecule has 1 aliphatic carbocycles. The number of aryl methyl sites for hydroxylation is 1. The second-order valence-electron chi connectivity index (χ2n) is 9.99. The van der Waals surface area contributed by atoms with Gasteiger partial charge in [-0.2, -0.15) is 18.2 Å². The number of alkyl halides is 4. The molecule has 2 aromatic rings. The molecule has 0 bridgehead atoms. The third kappa shape index (κ3) is 7.72. The van der Waals surface area contributed by atoms with Crippen LogP contribution in [0.15, 0.2) is 16.7 Å². The summed E-state index contributed by atoms with van der Waals surface area (Å²) < 4.78 is 62.4.